The predicted molar refractivity (Wildman–Crippen MR) is 71.6 cm³/mol. The van der Waals surface area contributed by atoms with Gasteiger partial charge in [0.1, 0.15) is 11.1 Å². The molecule has 6 heteroatoms. The number of nitriles is 1. The Morgan fingerprint density at radius 3 is 2.84 bits per heavy atom. The second kappa shape index (κ2) is 5.98. The van der Waals surface area contributed by atoms with Crippen LogP contribution in [-0.2, 0) is 5.75 Å². The molecule has 1 aromatic carbocycles. The zero-order valence-electron chi connectivity index (χ0n) is 9.81. The van der Waals surface area contributed by atoms with Crippen molar-refractivity contribution in [1.29, 1.82) is 5.26 Å². The molecule has 0 saturated carbocycles. The number of para-hydroxylation sites is 1. The largest absolute Gasteiger partial charge is 0.273 e. The maximum atomic E-state index is 10.9. The quantitative estimate of drug-likeness (QED) is 0.484. The molecule has 94 valence electrons. The molecule has 0 unspecified atom stereocenters. The van der Waals surface area contributed by atoms with Crippen LogP contribution in [-0.4, -0.2) is 9.91 Å². The van der Waals surface area contributed by atoms with E-state index in [9.17, 15) is 10.1 Å². The summed E-state index contributed by atoms with van der Waals surface area (Å²) in [5, 5.41) is 20.4. The highest BCUT2D eigenvalue weighted by Crippen LogP contribution is 2.28. The number of aromatic nitrogens is 1. The summed E-state index contributed by atoms with van der Waals surface area (Å²) in [6.45, 7) is 0. The molecule has 0 N–H and O–H groups in total. The van der Waals surface area contributed by atoms with E-state index in [1.54, 1.807) is 36.5 Å². The Labute approximate surface area is 114 Å². The Morgan fingerprint density at radius 1 is 1.32 bits per heavy atom. The molecule has 0 saturated heterocycles. The third-order valence-corrected chi connectivity index (χ3v) is 3.50. The molecule has 19 heavy (non-hydrogen) atoms. The van der Waals surface area contributed by atoms with Gasteiger partial charge < -0.3 is 0 Å². The summed E-state index contributed by atoms with van der Waals surface area (Å²) in [4.78, 5) is 14.6. The van der Waals surface area contributed by atoms with E-state index in [1.165, 1.54) is 17.8 Å². The van der Waals surface area contributed by atoms with Crippen LogP contribution < -0.4 is 0 Å². The lowest BCUT2D eigenvalue weighted by Gasteiger charge is -2.03. The van der Waals surface area contributed by atoms with Gasteiger partial charge in [-0.15, -0.1) is 11.8 Å². The molecule has 0 amide bonds. The fourth-order valence-corrected chi connectivity index (χ4v) is 2.49. The minimum Gasteiger partial charge on any atom is -0.258 e. The van der Waals surface area contributed by atoms with Crippen LogP contribution in [0.1, 0.15) is 11.1 Å². The molecular weight excluding hydrogens is 262 g/mol. The van der Waals surface area contributed by atoms with E-state index in [1.807, 2.05) is 0 Å². The number of thioether (sulfide) groups is 1. The molecule has 2 rings (SSSR count). The highest BCUT2D eigenvalue weighted by molar-refractivity contribution is 7.98. The van der Waals surface area contributed by atoms with Crippen molar-refractivity contribution in [3.8, 4) is 6.07 Å². The third kappa shape index (κ3) is 3.09. The molecule has 0 spiro atoms. The lowest BCUT2D eigenvalue weighted by molar-refractivity contribution is -0.385. The summed E-state index contributed by atoms with van der Waals surface area (Å²) in [6.07, 6.45) is 1.60. The fraction of sp³-hybridized carbons (Fsp3) is 0.0769. The maximum absolute atomic E-state index is 10.9. The van der Waals surface area contributed by atoms with Crippen LogP contribution in [0, 0.1) is 21.4 Å². The van der Waals surface area contributed by atoms with Crippen LogP contribution in [0.3, 0.4) is 0 Å². The molecule has 0 aliphatic rings. The van der Waals surface area contributed by atoms with Gasteiger partial charge in [-0.2, -0.15) is 5.26 Å². The highest BCUT2D eigenvalue weighted by Gasteiger charge is 2.13. The minimum atomic E-state index is -0.403. The highest BCUT2D eigenvalue weighted by atomic mass is 32.2. The van der Waals surface area contributed by atoms with Crippen LogP contribution >= 0.6 is 11.8 Å². The Morgan fingerprint density at radius 2 is 2.11 bits per heavy atom. The van der Waals surface area contributed by atoms with Gasteiger partial charge in [0.15, 0.2) is 0 Å². The summed E-state index contributed by atoms with van der Waals surface area (Å²) < 4.78 is 0. The van der Waals surface area contributed by atoms with Gasteiger partial charge in [0, 0.05) is 23.6 Å². The average molecular weight is 271 g/mol. The second-order valence-corrected chi connectivity index (χ2v) is 4.61. The van der Waals surface area contributed by atoms with Gasteiger partial charge in [-0.25, -0.2) is 4.98 Å². The first-order valence-corrected chi connectivity index (χ1v) is 6.41. The average Bonchev–Trinajstić information content (AvgIpc) is 2.45. The van der Waals surface area contributed by atoms with Crippen LogP contribution in [0.15, 0.2) is 47.6 Å². The minimum absolute atomic E-state index is 0.0874. The van der Waals surface area contributed by atoms with Crippen LogP contribution in [0.5, 0.6) is 0 Å². The lowest BCUT2D eigenvalue weighted by Crippen LogP contribution is -1.94. The normalized spacial score (nSPS) is 9.84. The van der Waals surface area contributed by atoms with Crippen molar-refractivity contribution in [3.05, 3.63) is 63.8 Å². The van der Waals surface area contributed by atoms with Gasteiger partial charge >= 0.3 is 0 Å². The number of hydrogen-bond donors (Lipinski definition) is 0. The second-order valence-electron chi connectivity index (χ2n) is 3.64. The smallest absolute Gasteiger partial charge is 0.258 e. The summed E-state index contributed by atoms with van der Waals surface area (Å²) in [7, 11) is 0. The molecule has 0 aliphatic heterocycles. The van der Waals surface area contributed by atoms with Gasteiger partial charge in [-0.1, -0.05) is 18.2 Å². The van der Waals surface area contributed by atoms with Crippen LogP contribution in [0.2, 0.25) is 0 Å². The van der Waals surface area contributed by atoms with E-state index in [2.05, 4.69) is 11.1 Å². The van der Waals surface area contributed by atoms with E-state index < -0.39 is 4.92 Å². The van der Waals surface area contributed by atoms with Crippen molar-refractivity contribution in [2.75, 3.05) is 0 Å². The number of pyridine rings is 1. The fourth-order valence-electron chi connectivity index (χ4n) is 1.55. The van der Waals surface area contributed by atoms with Crippen molar-refractivity contribution in [2.24, 2.45) is 0 Å². The standard InChI is InChI=1S/C13H9N3O2S/c14-8-10-5-3-7-15-13(10)19-9-11-4-1-2-6-12(11)16(17)18/h1-7H,9H2. The molecule has 5 nitrogen and oxygen atoms in total. The van der Waals surface area contributed by atoms with E-state index in [0.29, 0.717) is 21.9 Å². The Bertz CT molecular complexity index is 652. The Balaban J connectivity index is 2.20. The third-order valence-electron chi connectivity index (χ3n) is 2.44. The Hall–Kier alpha value is -2.39. The molecule has 0 aliphatic carbocycles. The maximum Gasteiger partial charge on any atom is 0.273 e. The first kappa shape index (κ1) is 13.1. The number of benzene rings is 1. The molecule has 1 heterocycles. The first-order chi connectivity index (χ1) is 9.22. The van der Waals surface area contributed by atoms with Crippen molar-refractivity contribution in [3.63, 3.8) is 0 Å². The van der Waals surface area contributed by atoms with Crippen molar-refractivity contribution in [2.45, 2.75) is 10.8 Å². The monoisotopic (exact) mass is 271 g/mol. The lowest BCUT2D eigenvalue weighted by atomic mass is 10.2. The number of nitro groups is 1. The van der Waals surface area contributed by atoms with Gasteiger partial charge in [0.2, 0.25) is 0 Å². The van der Waals surface area contributed by atoms with Crippen LogP contribution in [0.25, 0.3) is 0 Å². The summed E-state index contributed by atoms with van der Waals surface area (Å²) in [5.41, 5.74) is 1.18. The number of hydrogen-bond acceptors (Lipinski definition) is 5. The van der Waals surface area contributed by atoms with Gasteiger partial charge in [-0.05, 0) is 12.1 Å². The number of nitrogens with zero attached hydrogens (tertiary/aromatic N) is 3. The van der Waals surface area contributed by atoms with Crippen molar-refractivity contribution in [1.82, 2.24) is 4.98 Å². The van der Waals surface area contributed by atoms with Crippen LogP contribution in [0.4, 0.5) is 5.69 Å². The van der Waals surface area contributed by atoms with E-state index in [-0.39, 0.29) is 5.69 Å². The number of rotatable bonds is 4. The van der Waals surface area contributed by atoms with Crippen molar-refractivity contribution < 1.29 is 4.92 Å². The van der Waals surface area contributed by atoms with E-state index in [0.717, 1.165) is 0 Å². The SMILES string of the molecule is N#Cc1cccnc1SCc1ccccc1[N+](=O)[O-]. The zero-order valence-corrected chi connectivity index (χ0v) is 10.6. The first-order valence-electron chi connectivity index (χ1n) is 5.42. The predicted octanol–water partition coefficient (Wildman–Crippen LogP) is 3.15. The summed E-state index contributed by atoms with van der Waals surface area (Å²) in [5.74, 6) is 0.406. The van der Waals surface area contributed by atoms with E-state index in [4.69, 9.17) is 5.26 Å². The van der Waals surface area contributed by atoms with E-state index >= 15 is 0 Å². The molecule has 1 aromatic heterocycles. The molecular formula is C13H9N3O2S. The molecule has 0 bridgehead atoms. The molecule has 0 atom stereocenters. The Kier molecular flexibility index (Phi) is 4.11. The van der Waals surface area contributed by atoms with Crippen molar-refractivity contribution >= 4 is 17.4 Å². The topological polar surface area (TPSA) is 79.8 Å². The van der Waals surface area contributed by atoms with Gasteiger partial charge in [0.25, 0.3) is 5.69 Å². The summed E-state index contributed by atoms with van der Waals surface area (Å²) in [6, 6.07) is 12.0. The van der Waals surface area contributed by atoms with Gasteiger partial charge in [-0.3, -0.25) is 10.1 Å². The molecule has 2 aromatic rings. The van der Waals surface area contributed by atoms with Gasteiger partial charge in [0.05, 0.1) is 10.5 Å². The molecule has 0 fully saturated rings. The number of nitro benzene ring substituents is 1. The zero-order chi connectivity index (χ0) is 13.7. The molecule has 0 radical (unpaired) electrons. The summed E-state index contributed by atoms with van der Waals surface area (Å²) >= 11 is 1.32.